The minimum Gasteiger partial charge on any atom is -0.456 e. The van der Waals surface area contributed by atoms with Crippen LogP contribution < -0.4 is 4.90 Å². The average Bonchev–Trinajstić information content (AvgIpc) is 3.95. The van der Waals surface area contributed by atoms with Crippen LogP contribution in [0.3, 0.4) is 0 Å². The van der Waals surface area contributed by atoms with Crippen molar-refractivity contribution in [1.82, 2.24) is 4.40 Å². The molecule has 12 rings (SSSR count). The van der Waals surface area contributed by atoms with E-state index in [4.69, 9.17) is 8.83 Å². The quantitative estimate of drug-likeness (QED) is 0.188. The van der Waals surface area contributed by atoms with Crippen LogP contribution >= 0.6 is 0 Å². The Balaban J connectivity index is 1.13. The second-order valence-corrected chi connectivity index (χ2v) is 13.7. The largest absolute Gasteiger partial charge is 0.456 e. The van der Waals surface area contributed by atoms with Crippen molar-refractivity contribution < 1.29 is 8.83 Å². The molecule has 0 saturated heterocycles. The second kappa shape index (κ2) is 10.3. The van der Waals surface area contributed by atoms with Crippen molar-refractivity contribution in [1.29, 1.82) is 0 Å². The van der Waals surface area contributed by atoms with Crippen LogP contribution in [0.25, 0.3) is 93.1 Å². The topological polar surface area (TPSA) is 33.9 Å². The Morgan fingerprint density at radius 2 is 0.962 bits per heavy atom. The van der Waals surface area contributed by atoms with Gasteiger partial charge in [0.2, 0.25) is 0 Å². The van der Waals surface area contributed by atoms with Crippen molar-refractivity contribution in [3.05, 3.63) is 170 Å². The summed E-state index contributed by atoms with van der Waals surface area (Å²) in [5, 5.41) is 9.51. The maximum absolute atomic E-state index is 6.28. The van der Waals surface area contributed by atoms with Gasteiger partial charge in [-0.15, -0.1) is 0 Å². The van der Waals surface area contributed by atoms with Gasteiger partial charge in [-0.25, -0.2) is 0 Å². The molecule has 242 valence electrons. The zero-order valence-electron chi connectivity index (χ0n) is 27.9. The van der Waals surface area contributed by atoms with Gasteiger partial charge in [-0.3, -0.25) is 0 Å². The van der Waals surface area contributed by atoms with Crippen molar-refractivity contribution in [3.8, 4) is 11.1 Å². The minimum atomic E-state index is 0.879. The number of anilines is 3. The molecule has 4 nitrogen and oxygen atoms in total. The predicted octanol–water partition coefficient (Wildman–Crippen LogP) is 13.8. The lowest BCUT2D eigenvalue weighted by molar-refractivity contribution is 0.668. The number of fused-ring (bicyclic) bond motifs is 12. The van der Waals surface area contributed by atoms with E-state index in [-0.39, 0.29) is 0 Å². The van der Waals surface area contributed by atoms with Crippen molar-refractivity contribution in [2.24, 2.45) is 0 Å². The third-order valence-corrected chi connectivity index (χ3v) is 10.9. The molecule has 0 spiro atoms. The van der Waals surface area contributed by atoms with Gasteiger partial charge in [0, 0.05) is 54.5 Å². The molecule has 0 radical (unpaired) electrons. The summed E-state index contributed by atoms with van der Waals surface area (Å²) in [5.41, 5.74) is 12.8. The molecule has 12 aromatic rings. The minimum absolute atomic E-state index is 0.879. The molecule has 4 heterocycles. The first-order valence-corrected chi connectivity index (χ1v) is 17.7. The van der Waals surface area contributed by atoms with Gasteiger partial charge in [0.15, 0.2) is 0 Å². The number of aromatic nitrogens is 1. The first-order valence-electron chi connectivity index (χ1n) is 17.7. The van der Waals surface area contributed by atoms with Gasteiger partial charge >= 0.3 is 0 Å². The fourth-order valence-electron chi connectivity index (χ4n) is 8.72. The SMILES string of the molecule is c1ccc2c(c1)oc1ccc(N(c3ccc(-c4cccc5oc6ccccc6c45)cc3)c3cccc4c5cccc6c7ccccc7n(c34)c65)cc12. The van der Waals surface area contributed by atoms with E-state index in [0.29, 0.717) is 0 Å². The Morgan fingerprint density at radius 3 is 1.81 bits per heavy atom. The lowest BCUT2D eigenvalue weighted by atomic mass is 9.99. The molecule has 4 aromatic heterocycles. The maximum Gasteiger partial charge on any atom is 0.136 e. The van der Waals surface area contributed by atoms with Gasteiger partial charge in [-0.2, -0.15) is 0 Å². The molecule has 0 aliphatic rings. The average molecular weight is 665 g/mol. The summed E-state index contributed by atoms with van der Waals surface area (Å²) in [5.74, 6) is 0. The van der Waals surface area contributed by atoms with E-state index >= 15 is 0 Å². The van der Waals surface area contributed by atoms with E-state index in [9.17, 15) is 0 Å². The summed E-state index contributed by atoms with van der Waals surface area (Å²) < 4.78 is 15.0. The number of benzene rings is 8. The molecule has 0 aliphatic heterocycles. The fraction of sp³-hybridized carbons (Fsp3) is 0. The van der Waals surface area contributed by atoms with Crippen LogP contribution in [0.2, 0.25) is 0 Å². The van der Waals surface area contributed by atoms with E-state index in [1.807, 2.05) is 24.3 Å². The smallest absolute Gasteiger partial charge is 0.136 e. The molecule has 0 bridgehead atoms. The molecular formula is C48H28N2O2. The van der Waals surface area contributed by atoms with E-state index in [1.54, 1.807) is 0 Å². The molecule has 4 heteroatoms. The first-order chi connectivity index (χ1) is 25.8. The van der Waals surface area contributed by atoms with E-state index < -0.39 is 0 Å². The zero-order valence-corrected chi connectivity index (χ0v) is 27.9. The highest BCUT2D eigenvalue weighted by molar-refractivity contribution is 6.25. The fourth-order valence-corrected chi connectivity index (χ4v) is 8.72. The summed E-state index contributed by atoms with van der Waals surface area (Å²) in [4.78, 5) is 2.41. The van der Waals surface area contributed by atoms with Crippen LogP contribution in [0.4, 0.5) is 17.1 Å². The Bertz CT molecular complexity index is 3360. The van der Waals surface area contributed by atoms with E-state index in [0.717, 1.165) is 72.1 Å². The van der Waals surface area contributed by atoms with Crippen molar-refractivity contribution in [3.63, 3.8) is 0 Å². The van der Waals surface area contributed by atoms with Gasteiger partial charge < -0.3 is 18.1 Å². The Hall–Kier alpha value is -7.04. The van der Waals surface area contributed by atoms with Gasteiger partial charge in [0.25, 0.3) is 0 Å². The maximum atomic E-state index is 6.28. The monoisotopic (exact) mass is 664 g/mol. The lowest BCUT2D eigenvalue weighted by Gasteiger charge is -2.27. The molecule has 0 unspecified atom stereocenters. The van der Waals surface area contributed by atoms with Crippen molar-refractivity contribution >= 4 is 99.0 Å². The highest BCUT2D eigenvalue weighted by Crippen LogP contribution is 2.47. The van der Waals surface area contributed by atoms with Crippen molar-refractivity contribution in [2.75, 3.05) is 4.90 Å². The molecule has 0 saturated carbocycles. The summed E-state index contributed by atoms with van der Waals surface area (Å²) in [6.45, 7) is 0. The standard InChI is InChI=1S/C48H28N2O2/c1-4-17-40-33(10-1)35-14-7-15-36-37-16-8-18-41(48(37)50(40)47(35)36)49(31-26-27-44-39(28-31)34-11-2-5-19-42(34)51-44)30-24-22-29(23-25-30)32-13-9-21-45-46(32)38-12-3-6-20-43(38)52-45/h1-28H. The number of hydrogen-bond acceptors (Lipinski definition) is 3. The van der Waals surface area contributed by atoms with Crippen LogP contribution in [0.5, 0.6) is 0 Å². The lowest BCUT2D eigenvalue weighted by Crippen LogP contribution is -2.11. The summed E-state index contributed by atoms with van der Waals surface area (Å²) in [7, 11) is 0. The number of nitrogens with zero attached hydrogens (tertiary/aromatic N) is 2. The molecule has 0 aliphatic carbocycles. The third-order valence-electron chi connectivity index (χ3n) is 10.9. The number of hydrogen-bond donors (Lipinski definition) is 0. The Morgan fingerprint density at radius 1 is 0.385 bits per heavy atom. The highest BCUT2D eigenvalue weighted by atomic mass is 16.3. The first kappa shape index (κ1) is 27.7. The third kappa shape index (κ3) is 3.70. The van der Waals surface area contributed by atoms with E-state index in [2.05, 4.69) is 155 Å². The van der Waals surface area contributed by atoms with Gasteiger partial charge in [-0.1, -0.05) is 109 Å². The van der Waals surface area contributed by atoms with E-state index in [1.165, 1.54) is 38.1 Å². The summed E-state index contributed by atoms with van der Waals surface area (Å²) in [6, 6.07) is 60.6. The van der Waals surface area contributed by atoms with Crippen LogP contribution in [-0.2, 0) is 0 Å². The van der Waals surface area contributed by atoms with Gasteiger partial charge in [0.05, 0.1) is 22.2 Å². The number of furan rings is 2. The Labute approximate surface area is 297 Å². The highest BCUT2D eigenvalue weighted by Gasteiger charge is 2.24. The van der Waals surface area contributed by atoms with Gasteiger partial charge in [0.1, 0.15) is 22.3 Å². The molecule has 0 N–H and O–H groups in total. The normalized spacial score (nSPS) is 12.2. The van der Waals surface area contributed by atoms with Crippen molar-refractivity contribution in [2.45, 2.75) is 0 Å². The van der Waals surface area contributed by atoms with Crippen LogP contribution in [0, 0.1) is 0 Å². The summed E-state index contributed by atoms with van der Waals surface area (Å²) >= 11 is 0. The number of rotatable bonds is 4. The Kier molecular flexibility index (Phi) is 5.47. The predicted molar refractivity (Wildman–Crippen MR) is 216 cm³/mol. The van der Waals surface area contributed by atoms with Crippen LogP contribution in [0.1, 0.15) is 0 Å². The molecular weight excluding hydrogens is 637 g/mol. The molecule has 0 amide bonds. The molecule has 0 atom stereocenters. The summed E-state index contributed by atoms with van der Waals surface area (Å²) in [6.07, 6.45) is 0. The second-order valence-electron chi connectivity index (χ2n) is 13.7. The van der Waals surface area contributed by atoms with Crippen LogP contribution in [-0.4, -0.2) is 4.40 Å². The number of para-hydroxylation sites is 5. The zero-order chi connectivity index (χ0) is 33.9. The molecule has 52 heavy (non-hydrogen) atoms. The van der Waals surface area contributed by atoms with Crippen LogP contribution in [0.15, 0.2) is 179 Å². The molecule has 0 fully saturated rings. The molecule has 8 aromatic carbocycles. The van der Waals surface area contributed by atoms with Gasteiger partial charge in [-0.05, 0) is 71.8 Å².